The van der Waals surface area contributed by atoms with Crippen molar-refractivity contribution in [3.05, 3.63) is 88.7 Å². The zero-order chi connectivity index (χ0) is 24.9. The summed E-state index contributed by atoms with van der Waals surface area (Å²) in [7, 11) is 0. The predicted octanol–water partition coefficient (Wildman–Crippen LogP) is 5.40. The summed E-state index contributed by atoms with van der Waals surface area (Å²) in [5.74, 6) is -0.458. The molecule has 4 amide bonds. The van der Waals surface area contributed by atoms with Gasteiger partial charge in [0, 0.05) is 11.9 Å². The highest BCUT2D eigenvalue weighted by atomic mass is 35.5. The van der Waals surface area contributed by atoms with Gasteiger partial charge in [-0.2, -0.15) is 0 Å². The van der Waals surface area contributed by atoms with Crippen LogP contribution in [0.5, 0.6) is 5.75 Å². The van der Waals surface area contributed by atoms with E-state index in [2.05, 4.69) is 19.2 Å². The Hall–Kier alpha value is -3.84. The van der Waals surface area contributed by atoms with Crippen molar-refractivity contribution in [2.75, 3.05) is 11.5 Å². The Morgan fingerprint density at radius 3 is 2.49 bits per heavy atom. The third kappa shape index (κ3) is 5.30. The van der Waals surface area contributed by atoms with E-state index in [1.54, 1.807) is 30.3 Å². The van der Waals surface area contributed by atoms with E-state index in [0.717, 1.165) is 16.9 Å². The van der Waals surface area contributed by atoms with Crippen LogP contribution in [0.25, 0.3) is 6.08 Å². The molecule has 2 heterocycles. The number of ether oxygens (including phenoxy) is 1. The van der Waals surface area contributed by atoms with Gasteiger partial charge in [0.05, 0.1) is 17.3 Å². The number of barbiturate groups is 1. The van der Waals surface area contributed by atoms with Crippen molar-refractivity contribution in [1.82, 2.24) is 9.88 Å². The molecule has 1 fully saturated rings. The first-order valence-electron chi connectivity index (χ1n) is 11.4. The summed E-state index contributed by atoms with van der Waals surface area (Å²) in [6.45, 7) is 5.01. The van der Waals surface area contributed by atoms with Crippen LogP contribution in [0, 0.1) is 0 Å². The maximum atomic E-state index is 13.2. The molecule has 0 radical (unpaired) electrons. The van der Waals surface area contributed by atoms with Crippen LogP contribution in [0.4, 0.5) is 10.5 Å². The Balaban J connectivity index is 1.53. The molecule has 35 heavy (non-hydrogen) atoms. The number of benzene rings is 2. The fourth-order valence-corrected chi connectivity index (χ4v) is 4.00. The highest BCUT2D eigenvalue weighted by Crippen LogP contribution is 2.26. The molecule has 0 unspecified atom stereocenters. The lowest BCUT2D eigenvalue weighted by Gasteiger charge is -2.26. The monoisotopic (exact) mass is 491 g/mol. The Morgan fingerprint density at radius 2 is 1.77 bits per heavy atom. The number of nitrogens with zero attached hydrogens (tertiary/aromatic N) is 2. The van der Waals surface area contributed by atoms with E-state index >= 15 is 0 Å². The molecule has 4 rings (SSSR count). The highest BCUT2D eigenvalue weighted by molar-refractivity contribution is 6.39. The van der Waals surface area contributed by atoms with Crippen LogP contribution in [-0.2, 0) is 16.1 Å². The summed E-state index contributed by atoms with van der Waals surface area (Å²) in [6, 6.07) is 17.3. The molecule has 7 nitrogen and oxygen atoms in total. The average Bonchev–Trinajstić information content (AvgIpc) is 3.29. The van der Waals surface area contributed by atoms with Crippen molar-refractivity contribution in [3.63, 3.8) is 0 Å². The molecule has 1 atom stereocenters. The number of imide groups is 2. The minimum absolute atomic E-state index is 0.123. The van der Waals surface area contributed by atoms with Gasteiger partial charge in [-0.15, -0.1) is 0 Å². The number of nitrogens with one attached hydrogen (secondary N) is 1. The lowest BCUT2D eigenvalue weighted by molar-refractivity contribution is -0.122. The van der Waals surface area contributed by atoms with Crippen molar-refractivity contribution in [2.24, 2.45) is 0 Å². The number of hydrogen-bond donors (Lipinski definition) is 1. The van der Waals surface area contributed by atoms with Gasteiger partial charge in [-0.25, -0.2) is 9.69 Å². The molecule has 2 aromatic carbocycles. The van der Waals surface area contributed by atoms with Gasteiger partial charge in [0.2, 0.25) is 0 Å². The van der Waals surface area contributed by atoms with Crippen LogP contribution in [0.2, 0.25) is 5.02 Å². The minimum Gasteiger partial charge on any atom is -0.490 e. The van der Waals surface area contributed by atoms with Crippen molar-refractivity contribution < 1.29 is 19.1 Å². The fraction of sp³-hybridized carbons (Fsp3) is 0.222. The molecule has 1 aliphatic heterocycles. The molecule has 3 aromatic rings. The second kappa shape index (κ2) is 10.6. The zero-order valence-electron chi connectivity index (χ0n) is 19.5. The number of rotatable bonds is 8. The van der Waals surface area contributed by atoms with Crippen molar-refractivity contribution in [3.8, 4) is 5.75 Å². The normalized spacial score (nSPS) is 15.9. The Kier molecular flexibility index (Phi) is 7.36. The Labute approximate surface area is 208 Å². The molecule has 0 spiro atoms. The topological polar surface area (TPSA) is 80.6 Å². The average molecular weight is 492 g/mol. The standard InChI is InChI=1S/C27H26ClN3O4/c1-3-18(2)19-10-12-20(13-11-19)31-26(33)22(25(32)29-27(31)34)17-21-7-6-14-30(21)15-16-35-24-9-5-4-8-23(24)28/h4-14,17-18H,3,15-16H2,1-2H3,(H,29,32,34)/b22-17-/t18-/m0/s1. The molecule has 0 aliphatic carbocycles. The summed E-state index contributed by atoms with van der Waals surface area (Å²) in [5.41, 5.74) is 2.03. The van der Waals surface area contributed by atoms with Crippen molar-refractivity contribution in [2.45, 2.75) is 32.7 Å². The van der Waals surface area contributed by atoms with Crippen LogP contribution >= 0.6 is 11.6 Å². The number of anilines is 1. The van der Waals surface area contributed by atoms with Gasteiger partial charge in [-0.05, 0) is 60.4 Å². The summed E-state index contributed by atoms with van der Waals surface area (Å²) in [5, 5.41) is 2.79. The third-order valence-electron chi connectivity index (χ3n) is 6.02. The van der Waals surface area contributed by atoms with E-state index in [-0.39, 0.29) is 5.57 Å². The largest absolute Gasteiger partial charge is 0.490 e. The first-order valence-corrected chi connectivity index (χ1v) is 11.8. The molecule has 0 bridgehead atoms. The SMILES string of the molecule is CC[C@H](C)c1ccc(N2C(=O)NC(=O)/C(=C/c3cccn3CCOc3ccccc3Cl)C2=O)cc1. The summed E-state index contributed by atoms with van der Waals surface area (Å²) < 4.78 is 7.60. The van der Waals surface area contributed by atoms with Gasteiger partial charge < -0.3 is 9.30 Å². The van der Waals surface area contributed by atoms with Crippen LogP contribution in [0.15, 0.2) is 72.4 Å². The second-order valence-corrected chi connectivity index (χ2v) is 8.67. The van der Waals surface area contributed by atoms with E-state index < -0.39 is 17.8 Å². The number of hydrogen-bond acceptors (Lipinski definition) is 4. The number of urea groups is 1. The number of carbonyl (C=O) groups excluding carboxylic acids is 3. The first-order chi connectivity index (χ1) is 16.9. The van der Waals surface area contributed by atoms with Gasteiger partial charge in [-0.1, -0.05) is 49.7 Å². The molecule has 0 saturated carbocycles. The molecule has 180 valence electrons. The van der Waals surface area contributed by atoms with Gasteiger partial charge in [0.25, 0.3) is 11.8 Å². The zero-order valence-corrected chi connectivity index (χ0v) is 20.3. The quantitative estimate of drug-likeness (QED) is 0.338. The molecule has 1 aromatic heterocycles. The summed E-state index contributed by atoms with van der Waals surface area (Å²) in [6.07, 6.45) is 4.29. The highest BCUT2D eigenvalue weighted by Gasteiger charge is 2.37. The van der Waals surface area contributed by atoms with Gasteiger partial charge in [0.1, 0.15) is 17.9 Å². The van der Waals surface area contributed by atoms with Crippen molar-refractivity contribution >= 4 is 41.2 Å². The number of para-hydroxylation sites is 1. The maximum absolute atomic E-state index is 13.2. The summed E-state index contributed by atoms with van der Waals surface area (Å²) in [4.78, 5) is 39.3. The van der Waals surface area contributed by atoms with E-state index in [1.165, 1.54) is 6.08 Å². The lowest BCUT2D eigenvalue weighted by Crippen LogP contribution is -2.54. The number of amides is 4. The van der Waals surface area contributed by atoms with Crippen molar-refractivity contribution in [1.29, 1.82) is 0 Å². The Morgan fingerprint density at radius 1 is 1.03 bits per heavy atom. The van der Waals surface area contributed by atoms with Crippen LogP contribution in [-0.4, -0.2) is 29.0 Å². The minimum atomic E-state index is -0.767. The first kappa shape index (κ1) is 24.3. The maximum Gasteiger partial charge on any atom is 0.335 e. The number of aromatic nitrogens is 1. The lowest BCUT2D eigenvalue weighted by atomic mass is 9.98. The van der Waals surface area contributed by atoms with Gasteiger partial charge in [-0.3, -0.25) is 14.9 Å². The molecular formula is C27H26ClN3O4. The molecule has 1 saturated heterocycles. The second-order valence-electron chi connectivity index (χ2n) is 8.26. The van der Waals surface area contributed by atoms with Gasteiger partial charge in [0.15, 0.2) is 0 Å². The Bertz CT molecular complexity index is 1280. The number of carbonyl (C=O) groups is 3. The van der Waals surface area contributed by atoms with Crippen LogP contribution < -0.4 is 15.0 Å². The summed E-state index contributed by atoms with van der Waals surface area (Å²) >= 11 is 6.13. The molecule has 1 aliphatic rings. The smallest absolute Gasteiger partial charge is 0.335 e. The number of halogens is 1. The van der Waals surface area contributed by atoms with Crippen LogP contribution in [0.3, 0.4) is 0 Å². The molecule has 8 heteroatoms. The molecule has 1 N–H and O–H groups in total. The van der Waals surface area contributed by atoms with E-state index in [9.17, 15) is 14.4 Å². The van der Waals surface area contributed by atoms with E-state index in [4.69, 9.17) is 16.3 Å². The van der Waals surface area contributed by atoms with Gasteiger partial charge >= 0.3 is 6.03 Å². The predicted molar refractivity (Wildman–Crippen MR) is 136 cm³/mol. The fourth-order valence-electron chi connectivity index (χ4n) is 3.81. The van der Waals surface area contributed by atoms with E-state index in [0.29, 0.717) is 41.2 Å². The molecular weight excluding hydrogens is 466 g/mol. The third-order valence-corrected chi connectivity index (χ3v) is 6.33. The van der Waals surface area contributed by atoms with E-state index in [1.807, 2.05) is 41.1 Å². The van der Waals surface area contributed by atoms with Crippen LogP contribution in [0.1, 0.15) is 37.4 Å².